The second kappa shape index (κ2) is 5.65. The number of hydrogen-bond acceptors (Lipinski definition) is 4. The smallest absolute Gasteiger partial charge is 0.149 e. The first kappa shape index (κ1) is 12.6. The van der Waals surface area contributed by atoms with Gasteiger partial charge in [-0.1, -0.05) is 25.4 Å². The molecular weight excluding hydrogens is 238 g/mol. The molecule has 94 valence electrons. The van der Waals surface area contributed by atoms with Gasteiger partial charge in [-0.05, 0) is 12.3 Å². The summed E-state index contributed by atoms with van der Waals surface area (Å²) < 4.78 is 5.74. The Bertz CT molecular complexity index is 373. The van der Waals surface area contributed by atoms with Crippen molar-refractivity contribution in [2.24, 2.45) is 11.8 Å². The molecule has 0 amide bonds. The summed E-state index contributed by atoms with van der Waals surface area (Å²) in [5.41, 5.74) is 0. The van der Waals surface area contributed by atoms with E-state index in [1.54, 1.807) is 6.20 Å². The average Bonchev–Trinajstić information content (AvgIpc) is 2.74. The molecule has 0 aliphatic carbocycles. The summed E-state index contributed by atoms with van der Waals surface area (Å²) in [4.78, 5) is 8.15. The van der Waals surface area contributed by atoms with Crippen molar-refractivity contribution in [3.8, 4) is 0 Å². The highest BCUT2D eigenvalue weighted by molar-refractivity contribution is 6.29. The highest BCUT2D eigenvalue weighted by atomic mass is 35.5. The van der Waals surface area contributed by atoms with Gasteiger partial charge in [-0.25, -0.2) is 4.98 Å². The second-order valence-corrected chi connectivity index (χ2v) is 5.12. The SMILES string of the molecule is CC(C)C1OCCC1CNc1cncc(Cl)n1. The van der Waals surface area contributed by atoms with Crippen LogP contribution in [0, 0.1) is 11.8 Å². The Morgan fingerprint density at radius 1 is 1.53 bits per heavy atom. The van der Waals surface area contributed by atoms with E-state index >= 15 is 0 Å². The zero-order valence-electron chi connectivity index (χ0n) is 10.2. The lowest BCUT2D eigenvalue weighted by molar-refractivity contribution is 0.0566. The zero-order chi connectivity index (χ0) is 12.3. The van der Waals surface area contributed by atoms with Gasteiger partial charge < -0.3 is 10.1 Å². The molecule has 0 spiro atoms. The van der Waals surface area contributed by atoms with Crippen LogP contribution < -0.4 is 5.32 Å². The van der Waals surface area contributed by atoms with Crippen LogP contribution in [0.2, 0.25) is 5.15 Å². The molecule has 1 saturated heterocycles. The fourth-order valence-corrected chi connectivity index (χ4v) is 2.42. The maximum absolute atomic E-state index is 5.78. The topological polar surface area (TPSA) is 47.0 Å². The molecule has 1 N–H and O–H groups in total. The van der Waals surface area contributed by atoms with Gasteiger partial charge in [0, 0.05) is 19.1 Å². The highest BCUT2D eigenvalue weighted by Gasteiger charge is 2.30. The minimum Gasteiger partial charge on any atom is -0.378 e. The van der Waals surface area contributed by atoms with E-state index in [-0.39, 0.29) is 0 Å². The van der Waals surface area contributed by atoms with Crippen LogP contribution in [0.1, 0.15) is 20.3 Å². The van der Waals surface area contributed by atoms with E-state index < -0.39 is 0 Å². The quantitative estimate of drug-likeness (QED) is 0.899. The van der Waals surface area contributed by atoms with Crippen molar-refractivity contribution in [3.05, 3.63) is 17.5 Å². The summed E-state index contributed by atoms with van der Waals surface area (Å²) in [5.74, 6) is 1.82. The van der Waals surface area contributed by atoms with E-state index in [4.69, 9.17) is 16.3 Å². The Morgan fingerprint density at radius 2 is 2.35 bits per heavy atom. The van der Waals surface area contributed by atoms with E-state index in [2.05, 4.69) is 29.1 Å². The Labute approximate surface area is 107 Å². The Balaban J connectivity index is 1.89. The predicted octanol–water partition coefficient (Wildman–Crippen LogP) is 2.60. The van der Waals surface area contributed by atoms with Crippen molar-refractivity contribution in [3.63, 3.8) is 0 Å². The van der Waals surface area contributed by atoms with Crippen molar-refractivity contribution < 1.29 is 4.74 Å². The van der Waals surface area contributed by atoms with E-state index in [1.807, 2.05) is 0 Å². The number of ether oxygens (including phenoxy) is 1. The third kappa shape index (κ3) is 3.30. The molecule has 2 unspecified atom stereocenters. The monoisotopic (exact) mass is 255 g/mol. The number of rotatable bonds is 4. The molecule has 0 radical (unpaired) electrons. The van der Waals surface area contributed by atoms with Crippen LogP contribution in [0.15, 0.2) is 12.4 Å². The van der Waals surface area contributed by atoms with Gasteiger partial charge >= 0.3 is 0 Å². The lowest BCUT2D eigenvalue weighted by Crippen LogP contribution is -2.28. The van der Waals surface area contributed by atoms with E-state index in [9.17, 15) is 0 Å². The van der Waals surface area contributed by atoms with Crippen molar-refractivity contribution in [1.29, 1.82) is 0 Å². The molecule has 17 heavy (non-hydrogen) atoms. The van der Waals surface area contributed by atoms with Crippen molar-refractivity contribution in [1.82, 2.24) is 9.97 Å². The Morgan fingerprint density at radius 3 is 3.06 bits per heavy atom. The maximum Gasteiger partial charge on any atom is 0.149 e. The standard InChI is InChI=1S/C12H18ClN3O/c1-8(2)12-9(3-4-17-12)5-15-11-7-14-6-10(13)16-11/h6-9,12H,3-5H2,1-2H3,(H,15,16). The summed E-state index contributed by atoms with van der Waals surface area (Å²) in [6.45, 7) is 6.11. The average molecular weight is 256 g/mol. The molecule has 5 heteroatoms. The van der Waals surface area contributed by atoms with Gasteiger partial charge in [-0.3, -0.25) is 4.98 Å². The third-order valence-electron chi connectivity index (χ3n) is 3.07. The molecule has 1 aliphatic rings. The van der Waals surface area contributed by atoms with Crippen LogP contribution in [-0.4, -0.2) is 29.2 Å². The Hall–Kier alpha value is -0.870. The lowest BCUT2D eigenvalue weighted by Gasteiger charge is -2.22. The lowest BCUT2D eigenvalue weighted by atomic mass is 9.93. The molecule has 2 atom stereocenters. The van der Waals surface area contributed by atoms with Crippen LogP contribution >= 0.6 is 11.6 Å². The molecular formula is C12H18ClN3O. The second-order valence-electron chi connectivity index (χ2n) is 4.74. The van der Waals surface area contributed by atoms with Crippen LogP contribution in [0.3, 0.4) is 0 Å². The highest BCUT2D eigenvalue weighted by Crippen LogP contribution is 2.26. The molecule has 0 saturated carbocycles. The number of halogens is 1. The molecule has 1 aromatic heterocycles. The molecule has 0 aromatic carbocycles. The van der Waals surface area contributed by atoms with Gasteiger partial charge in [-0.15, -0.1) is 0 Å². The van der Waals surface area contributed by atoms with E-state index in [0.29, 0.717) is 23.1 Å². The molecule has 4 nitrogen and oxygen atoms in total. The summed E-state index contributed by atoms with van der Waals surface area (Å²) in [7, 11) is 0. The minimum atomic E-state index is 0.342. The number of nitrogens with one attached hydrogen (secondary N) is 1. The summed E-state index contributed by atoms with van der Waals surface area (Å²) in [5, 5.41) is 3.69. The molecule has 1 aliphatic heterocycles. The van der Waals surface area contributed by atoms with E-state index in [1.165, 1.54) is 6.20 Å². The van der Waals surface area contributed by atoms with Crippen LogP contribution in [0.5, 0.6) is 0 Å². The number of anilines is 1. The first-order valence-electron chi connectivity index (χ1n) is 6.00. The van der Waals surface area contributed by atoms with Crippen molar-refractivity contribution in [2.45, 2.75) is 26.4 Å². The summed E-state index contributed by atoms with van der Waals surface area (Å²) >= 11 is 5.78. The predicted molar refractivity (Wildman–Crippen MR) is 68.2 cm³/mol. The molecule has 1 fully saturated rings. The van der Waals surface area contributed by atoms with Crippen LogP contribution in [0.25, 0.3) is 0 Å². The Kier molecular flexibility index (Phi) is 4.18. The normalized spacial score (nSPS) is 24.2. The van der Waals surface area contributed by atoms with Gasteiger partial charge in [0.25, 0.3) is 0 Å². The summed E-state index contributed by atoms with van der Waals surface area (Å²) in [6, 6.07) is 0. The maximum atomic E-state index is 5.78. The van der Waals surface area contributed by atoms with Gasteiger partial charge in [-0.2, -0.15) is 0 Å². The van der Waals surface area contributed by atoms with Gasteiger partial charge in [0.2, 0.25) is 0 Å². The first-order valence-corrected chi connectivity index (χ1v) is 6.37. The van der Waals surface area contributed by atoms with Gasteiger partial charge in [0.1, 0.15) is 11.0 Å². The molecule has 2 heterocycles. The number of nitrogens with zero attached hydrogens (tertiary/aromatic N) is 2. The fraction of sp³-hybridized carbons (Fsp3) is 0.667. The molecule has 2 rings (SSSR count). The van der Waals surface area contributed by atoms with Gasteiger partial charge in [0.15, 0.2) is 0 Å². The third-order valence-corrected chi connectivity index (χ3v) is 3.25. The minimum absolute atomic E-state index is 0.342. The number of aromatic nitrogens is 2. The van der Waals surface area contributed by atoms with Gasteiger partial charge in [0.05, 0.1) is 18.5 Å². The molecule has 0 bridgehead atoms. The molecule has 1 aromatic rings. The van der Waals surface area contributed by atoms with Crippen LogP contribution in [0.4, 0.5) is 5.82 Å². The first-order chi connectivity index (χ1) is 8.16. The largest absolute Gasteiger partial charge is 0.378 e. The van der Waals surface area contributed by atoms with E-state index in [0.717, 1.165) is 25.4 Å². The number of hydrogen-bond donors (Lipinski definition) is 1. The van der Waals surface area contributed by atoms with Crippen LogP contribution in [-0.2, 0) is 4.74 Å². The zero-order valence-corrected chi connectivity index (χ0v) is 10.9. The summed E-state index contributed by atoms with van der Waals surface area (Å²) in [6.07, 6.45) is 4.66. The fourth-order valence-electron chi connectivity index (χ4n) is 2.27. The van der Waals surface area contributed by atoms with Crippen molar-refractivity contribution >= 4 is 17.4 Å². The van der Waals surface area contributed by atoms with Crippen molar-refractivity contribution in [2.75, 3.05) is 18.5 Å².